The third-order valence-corrected chi connectivity index (χ3v) is 3.94. The summed E-state index contributed by atoms with van der Waals surface area (Å²) in [6.07, 6.45) is 1.06. The Hall–Kier alpha value is -2.81. The van der Waals surface area contributed by atoms with E-state index in [-0.39, 0.29) is 39.1 Å². The van der Waals surface area contributed by atoms with Crippen molar-refractivity contribution in [2.75, 3.05) is 7.11 Å². The van der Waals surface area contributed by atoms with Gasteiger partial charge in [-0.3, -0.25) is 20.4 Å². The van der Waals surface area contributed by atoms with Crippen molar-refractivity contribution < 1.29 is 22.7 Å². The first-order valence-electron chi connectivity index (χ1n) is 6.80. The largest absolute Gasteiger partial charge is 0.489 e. The molecule has 9 heteroatoms. The van der Waals surface area contributed by atoms with Gasteiger partial charge < -0.3 is 9.15 Å². The monoisotopic (exact) mass is 366 g/mol. The van der Waals surface area contributed by atoms with Crippen LogP contribution in [-0.2, 0) is 6.42 Å². The minimum atomic E-state index is -0.798. The van der Waals surface area contributed by atoms with Crippen LogP contribution in [0.3, 0.4) is 0 Å². The zero-order chi connectivity index (χ0) is 18.6. The molecule has 0 aliphatic heterocycles. The molecule has 130 valence electrons. The van der Waals surface area contributed by atoms with Crippen LogP contribution in [0.25, 0.3) is 0 Å². The second kappa shape index (κ2) is 7.84. The van der Waals surface area contributed by atoms with E-state index in [9.17, 15) is 18.4 Å². The predicted octanol–water partition coefficient (Wildman–Crippen LogP) is 3.02. The SMILES string of the molecule is COc1c(C=O)occ(C(=N)SC(=N)Cc2ccc(F)cc2F)c1=O. The number of methoxy groups -OCH3 is 1. The van der Waals surface area contributed by atoms with E-state index in [4.69, 9.17) is 20.0 Å². The van der Waals surface area contributed by atoms with Gasteiger partial charge >= 0.3 is 0 Å². The molecule has 2 aromatic rings. The van der Waals surface area contributed by atoms with E-state index in [1.54, 1.807) is 0 Å². The minimum absolute atomic E-state index is 0.0904. The maximum atomic E-state index is 13.6. The highest BCUT2D eigenvalue weighted by atomic mass is 32.2. The van der Waals surface area contributed by atoms with Gasteiger partial charge in [0.2, 0.25) is 16.9 Å². The highest BCUT2D eigenvalue weighted by Gasteiger charge is 2.19. The molecule has 1 aromatic heterocycles. The van der Waals surface area contributed by atoms with Crippen LogP contribution in [0.15, 0.2) is 33.7 Å². The van der Waals surface area contributed by atoms with E-state index >= 15 is 0 Å². The number of aldehydes is 1. The Morgan fingerprint density at radius 2 is 2.08 bits per heavy atom. The molecule has 0 unspecified atom stereocenters. The van der Waals surface area contributed by atoms with Gasteiger partial charge in [-0.25, -0.2) is 8.78 Å². The highest BCUT2D eigenvalue weighted by Crippen LogP contribution is 2.19. The molecule has 0 radical (unpaired) electrons. The molecule has 0 atom stereocenters. The van der Waals surface area contributed by atoms with Crippen molar-refractivity contribution in [3.05, 3.63) is 63.2 Å². The van der Waals surface area contributed by atoms with E-state index in [1.807, 2.05) is 0 Å². The molecule has 2 N–H and O–H groups in total. The molecule has 1 aromatic carbocycles. The first kappa shape index (κ1) is 18.5. The quantitative estimate of drug-likeness (QED) is 0.481. The maximum absolute atomic E-state index is 13.6. The minimum Gasteiger partial charge on any atom is -0.489 e. The molecule has 2 rings (SSSR count). The standard InChI is InChI=1S/C16H12F2N2O4S/c1-23-15-12(6-21)24-7-10(14(15)22)16(20)25-13(19)4-8-2-3-9(17)5-11(8)18/h2-3,5-7,19-20H,4H2,1H3. The second-order valence-electron chi connectivity index (χ2n) is 4.76. The highest BCUT2D eigenvalue weighted by molar-refractivity contribution is 8.26. The van der Waals surface area contributed by atoms with Gasteiger partial charge in [-0.05, 0) is 11.6 Å². The smallest absolute Gasteiger partial charge is 0.237 e. The Morgan fingerprint density at radius 3 is 2.68 bits per heavy atom. The van der Waals surface area contributed by atoms with Crippen molar-refractivity contribution in [1.29, 1.82) is 10.8 Å². The topological polar surface area (TPSA) is 104 Å². The van der Waals surface area contributed by atoms with E-state index < -0.39 is 17.1 Å². The van der Waals surface area contributed by atoms with Crippen molar-refractivity contribution >= 4 is 28.1 Å². The summed E-state index contributed by atoms with van der Waals surface area (Å²) >= 11 is 0.610. The van der Waals surface area contributed by atoms with Crippen LogP contribution in [0, 0.1) is 22.5 Å². The molecule has 0 amide bonds. The van der Waals surface area contributed by atoms with E-state index in [0.29, 0.717) is 24.1 Å². The molecular formula is C16H12F2N2O4S. The number of hydrogen-bond donors (Lipinski definition) is 2. The van der Waals surface area contributed by atoms with Crippen molar-refractivity contribution in [2.24, 2.45) is 0 Å². The van der Waals surface area contributed by atoms with Crippen LogP contribution in [-0.4, -0.2) is 23.5 Å². The van der Waals surface area contributed by atoms with Crippen molar-refractivity contribution in [2.45, 2.75) is 6.42 Å². The van der Waals surface area contributed by atoms with Crippen LogP contribution in [0.4, 0.5) is 8.78 Å². The van der Waals surface area contributed by atoms with Crippen molar-refractivity contribution in [1.82, 2.24) is 0 Å². The van der Waals surface area contributed by atoms with Gasteiger partial charge in [0.15, 0.2) is 6.29 Å². The summed E-state index contributed by atoms with van der Waals surface area (Å²) in [5.74, 6) is -2.17. The molecule has 0 saturated heterocycles. The van der Waals surface area contributed by atoms with Gasteiger partial charge in [0.05, 0.1) is 17.7 Å². The summed E-state index contributed by atoms with van der Waals surface area (Å²) in [5, 5.41) is 15.3. The van der Waals surface area contributed by atoms with Crippen LogP contribution in [0.5, 0.6) is 5.75 Å². The normalized spacial score (nSPS) is 10.4. The zero-order valence-corrected chi connectivity index (χ0v) is 13.7. The lowest BCUT2D eigenvalue weighted by Gasteiger charge is -2.08. The fourth-order valence-electron chi connectivity index (χ4n) is 1.95. The Balaban J connectivity index is 2.18. The van der Waals surface area contributed by atoms with Crippen LogP contribution in [0.2, 0.25) is 0 Å². The lowest BCUT2D eigenvalue weighted by atomic mass is 10.1. The van der Waals surface area contributed by atoms with Gasteiger partial charge in [0.25, 0.3) is 0 Å². The fourth-order valence-corrected chi connectivity index (χ4v) is 2.67. The summed E-state index contributed by atoms with van der Waals surface area (Å²) in [6.45, 7) is 0. The molecule has 0 aliphatic carbocycles. The van der Waals surface area contributed by atoms with Gasteiger partial charge in [-0.2, -0.15) is 0 Å². The molecule has 0 spiro atoms. The molecular weight excluding hydrogens is 354 g/mol. The van der Waals surface area contributed by atoms with Gasteiger partial charge in [-0.15, -0.1) is 0 Å². The van der Waals surface area contributed by atoms with E-state index in [1.165, 1.54) is 13.2 Å². The third-order valence-electron chi connectivity index (χ3n) is 3.13. The van der Waals surface area contributed by atoms with E-state index in [2.05, 4.69) is 0 Å². The van der Waals surface area contributed by atoms with Crippen molar-refractivity contribution in [3.63, 3.8) is 0 Å². The number of carbonyl (C=O) groups excluding carboxylic acids is 1. The zero-order valence-electron chi connectivity index (χ0n) is 12.9. The Labute approximate surface area is 144 Å². The summed E-state index contributed by atoms with van der Waals surface area (Å²) < 4.78 is 36.2. The number of halogens is 2. The molecule has 6 nitrogen and oxygen atoms in total. The average Bonchev–Trinajstić information content (AvgIpc) is 2.56. The summed E-state index contributed by atoms with van der Waals surface area (Å²) in [5.41, 5.74) is -0.835. The summed E-state index contributed by atoms with van der Waals surface area (Å²) in [6, 6.07) is 2.98. The average molecular weight is 366 g/mol. The molecule has 0 bridgehead atoms. The number of rotatable bonds is 5. The Kier molecular flexibility index (Phi) is 5.81. The van der Waals surface area contributed by atoms with Crippen molar-refractivity contribution in [3.8, 4) is 5.75 Å². The Bertz CT molecular complexity index is 911. The summed E-state index contributed by atoms with van der Waals surface area (Å²) in [7, 11) is 1.18. The maximum Gasteiger partial charge on any atom is 0.237 e. The lowest BCUT2D eigenvalue weighted by Crippen LogP contribution is -2.17. The van der Waals surface area contributed by atoms with Crippen LogP contribution >= 0.6 is 11.8 Å². The summed E-state index contributed by atoms with van der Waals surface area (Å²) in [4.78, 5) is 23.0. The van der Waals surface area contributed by atoms with Gasteiger partial charge in [0.1, 0.15) is 22.9 Å². The predicted molar refractivity (Wildman–Crippen MR) is 89.1 cm³/mol. The number of hydrogen-bond acceptors (Lipinski definition) is 7. The molecule has 25 heavy (non-hydrogen) atoms. The first-order valence-corrected chi connectivity index (χ1v) is 7.62. The number of ether oxygens (including phenoxy) is 1. The number of nitrogens with one attached hydrogen (secondary N) is 2. The number of carbonyl (C=O) groups is 1. The third kappa shape index (κ3) is 4.18. The fraction of sp³-hybridized carbons (Fsp3) is 0.125. The second-order valence-corrected chi connectivity index (χ2v) is 5.87. The van der Waals surface area contributed by atoms with Gasteiger partial charge in [-0.1, -0.05) is 17.8 Å². The molecule has 0 fully saturated rings. The Morgan fingerprint density at radius 1 is 1.36 bits per heavy atom. The first-order chi connectivity index (χ1) is 11.9. The van der Waals surface area contributed by atoms with E-state index in [0.717, 1.165) is 12.3 Å². The molecule has 1 heterocycles. The molecule has 0 aliphatic rings. The molecule has 0 saturated carbocycles. The number of thioether (sulfide) groups is 1. The number of benzene rings is 1. The van der Waals surface area contributed by atoms with Crippen LogP contribution in [0.1, 0.15) is 21.7 Å². The lowest BCUT2D eigenvalue weighted by molar-refractivity contribution is 0.109. The van der Waals surface area contributed by atoms with Gasteiger partial charge in [0, 0.05) is 12.5 Å². The van der Waals surface area contributed by atoms with Crippen LogP contribution < -0.4 is 10.2 Å².